The number of hydrogen-bond donors (Lipinski definition) is 1. The topological polar surface area (TPSA) is 86.8 Å². The lowest BCUT2D eigenvalue weighted by Crippen LogP contribution is -2.19. The van der Waals surface area contributed by atoms with E-state index in [0.717, 1.165) is 56.9 Å². The zero-order chi connectivity index (χ0) is 26.2. The van der Waals surface area contributed by atoms with Crippen LogP contribution >= 0.6 is 0 Å². The summed E-state index contributed by atoms with van der Waals surface area (Å²) in [5, 5.41) is 5.65. The van der Waals surface area contributed by atoms with Gasteiger partial charge in [-0.2, -0.15) is 0 Å². The van der Waals surface area contributed by atoms with E-state index in [1.807, 2.05) is 62.6 Å². The molecule has 38 heavy (non-hydrogen) atoms. The van der Waals surface area contributed by atoms with Crippen LogP contribution in [0, 0.1) is 0 Å². The number of likely N-dealkylation sites (N-methyl/N-ethyl adjacent to an activating group) is 1. The molecule has 0 fully saturated rings. The van der Waals surface area contributed by atoms with Crippen molar-refractivity contribution in [2.24, 2.45) is 5.16 Å². The van der Waals surface area contributed by atoms with Crippen LogP contribution in [0.5, 0.6) is 28.7 Å². The van der Waals surface area contributed by atoms with Crippen molar-refractivity contribution < 1.29 is 28.5 Å². The lowest BCUT2D eigenvalue weighted by atomic mass is 10.1. The minimum absolute atomic E-state index is 0.230. The maximum Gasteiger partial charge on any atom is 0.231 e. The number of aromatic amines is 1. The first-order valence-electron chi connectivity index (χ1n) is 12.3. The molecule has 2 heterocycles. The summed E-state index contributed by atoms with van der Waals surface area (Å²) in [5.74, 6) is 3.51. The Morgan fingerprint density at radius 3 is 2.50 bits per heavy atom. The van der Waals surface area contributed by atoms with Gasteiger partial charge >= 0.3 is 0 Å². The van der Waals surface area contributed by atoms with E-state index >= 15 is 0 Å². The maximum absolute atomic E-state index is 6.03. The van der Waals surface area contributed by atoms with Gasteiger partial charge < -0.3 is 38.4 Å². The first-order valence-corrected chi connectivity index (χ1v) is 12.3. The minimum atomic E-state index is 0.230. The Bertz CT molecular complexity index is 1540. The third-order valence-corrected chi connectivity index (χ3v) is 6.69. The summed E-state index contributed by atoms with van der Waals surface area (Å²) in [7, 11) is 7.31. The Hall–Kier alpha value is -4.37. The second-order valence-corrected chi connectivity index (χ2v) is 9.39. The molecule has 0 saturated heterocycles. The lowest BCUT2D eigenvalue weighted by molar-refractivity contribution is 0.130. The van der Waals surface area contributed by atoms with E-state index in [1.54, 1.807) is 14.2 Å². The summed E-state index contributed by atoms with van der Waals surface area (Å²) in [5.41, 5.74) is 6.40. The summed E-state index contributed by atoms with van der Waals surface area (Å²) in [6.07, 6.45) is 0. The van der Waals surface area contributed by atoms with Gasteiger partial charge in [-0.15, -0.1) is 0 Å². The average molecular weight is 516 g/mol. The van der Waals surface area contributed by atoms with Crippen LogP contribution in [0.25, 0.3) is 22.2 Å². The van der Waals surface area contributed by atoms with Gasteiger partial charge in [-0.05, 0) is 62.1 Å². The van der Waals surface area contributed by atoms with E-state index in [2.05, 4.69) is 15.0 Å². The van der Waals surface area contributed by atoms with E-state index in [9.17, 15) is 0 Å². The monoisotopic (exact) mass is 515 g/mol. The molecule has 1 N–H and O–H groups in total. The van der Waals surface area contributed by atoms with Crippen molar-refractivity contribution in [3.63, 3.8) is 0 Å². The summed E-state index contributed by atoms with van der Waals surface area (Å²) in [4.78, 5) is 11.6. The van der Waals surface area contributed by atoms with E-state index < -0.39 is 0 Å². The fourth-order valence-corrected chi connectivity index (χ4v) is 4.77. The first-order chi connectivity index (χ1) is 18.6. The van der Waals surface area contributed by atoms with Crippen LogP contribution in [0.2, 0.25) is 0 Å². The highest BCUT2D eigenvalue weighted by Gasteiger charge is 2.32. The third-order valence-electron chi connectivity index (χ3n) is 6.69. The number of benzene rings is 3. The van der Waals surface area contributed by atoms with Crippen molar-refractivity contribution in [3.8, 4) is 40.0 Å². The standard InChI is InChI=1S/C29H29N3O6/c1-32(2)9-10-35-18-6-7-22-21(12-18)27-28(30-22)19-13-24(33-3)25(34-4)14-20(19)29(27)31-38-15-17-5-8-23-26(11-17)37-16-36-23/h5-8,11-14,30H,9-10,15-16H2,1-4H3. The zero-order valence-electron chi connectivity index (χ0n) is 21.8. The number of ether oxygens (including phenoxy) is 5. The number of hydrogen-bond acceptors (Lipinski definition) is 8. The number of nitrogens with one attached hydrogen (secondary N) is 1. The molecule has 2 aliphatic rings. The molecule has 0 amide bonds. The minimum Gasteiger partial charge on any atom is -0.493 e. The molecule has 1 aromatic heterocycles. The first kappa shape index (κ1) is 24.0. The van der Waals surface area contributed by atoms with Crippen molar-refractivity contribution in [3.05, 3.63) is 65.2 Å². The molecule has 4 aromatic rings. The highest BCUT2D eigenvalue weighted by Crippen LogP contribution is 2.46. The summed E-state index contributed by atoms with van der Waals surface area (Å²) in [6.45, 7) is 1.93. The van der Waals surface area contributed by atoms with Gasteiger partial charge in [0.1, 0.15) is 24.7 Å². The van der Waals surface area contributed by atoms with Crippen molar-refractivity contribution in [2.45, 2.75) is 6.61 Å². The van der Waals surface area contributed by atoms with Crippen LogP contribution in [-0.4, -0.2) is 63.9 Å². The van der Waals surface area contributed by atoms with E-state index in [0.29, 0.717) is 29.6 Å². The number of aromatic nitrogens is 1. The molecule has 0 bridgehead atoms. The van der Waals surface area contributed by atoms with Crippen molar-refractivity contribution >= 4 is 16.6 Å². The van der Waals surface area contributed by atoms with Gasteiger partial charge in [0, 0.05) is 34.1 Å². The Kier molecular flexibility index (Phi) is 6.21. The van der Waals surface area contributed by atoms with Gasteiger partial charge in [0.2, 0.25) is 6.79 Å². The molecule has 6 rings (SSSR count). The Balaban J connectivity index is 1.39. The second-order valence-electron chi connectivity index (χ2n) is 9.39. The Morgan fingerprint density at radius 2 is 1.71 bits per heavy atom. The van der Waals surface area contributed by atoms with Crippen LogP contribution in [0.4, 0.5) is 0 Å². The molecule has 3 aromatic carbocycles. The fourth-order valence-electron chi connectivity index (χ4n) is 4.77. The molecule has 0 unspecified atom stereocenters. The SMILES string of the molecule is COc1cc2c(cc1OC)-c1[nH]c3ccc(OCCN(C)C)cc3c1C2=NOCc1ccc2c(c1)OCO2. The van der Waals surface area contributed by atoms with Gasteiger partial charge in [0.15, 0.2) is 23.0 Å². The smallest absolute Gasteiger partial charge is 0.231 e. The number of rotatable bonds is 9. The molecule has 1 aliphatic carbocycles. The van der Waals surface area contributed by atoms with Crippen LogP contribution in [0.3, 0.4) is 0 Å². The van der Waals surface area contributed by atoms with Gasteiger partial charge in [0.05, 0.1) is 19.9 Å². The molecule has 9 heteroatoms. The number of oxime groups is 1. The predicted molar refractivity (Wildman–Crippen MR) is 144 cm³/mol. The molecule has 1 aliphatic heterocycles. The van der Waals surface area contributed by atoms with Crippen molar-refractivity contribution in [1.82, 2.24) is 9.88 Å². The molecular weight excluding hydrogens is 486 g/mol. The number of fused-ring (bicyclic) bond motifs is 6. The molecular formula is C29H29N3O6. The largest absolute Gasteiger partial charge is 0.493 e. The third kappa shape index (κ3) is 4.24. The van der Waals surface area contributed by atoms with E-state index in [1.165, 1.54) is 0 Å². The second kappa shape index (κ2) is 9.83. The van der Waals surface area contributed by atoms with Crippen LogP contribution in [-0.2, 0) is 11.4 Å². The highest BCUT2D eigenvalue weighted by molar-refractivity contribution is 6.30. The van der Waals surface area contributed by atoms with Crippen molar-refractivity contribution in [1.29, 1.82) is 0 Å². The molecule has 196 valence electrons. The fraction of sp³-hybridized carbons (Fsp3) is 0.276. The molecule has 0 spiro atoms. The van der Waals surface area contributed by atoms with Crippen LogP contribution in [0.15, 0.2) is 53.7 Å². The highest BCUT2D eigenvalue weighted by atomic mass is 16.7. The van der Waals surface area contributed by atoms with Crippen LogP contribution in [0.1, 0.15) is 16.7 Å². The summed E-state index contributed by atoms with van der Waals surface area (Å²) in [6, 6.07) is 15.7. The molecule has 9 nitrogen and oxygen atoms in total. The Labute approximate surface area is 220 Å². The van der Waals surface area contributed by atoms with E-state index in [4.69, 9.17) is 28.5 Å². The quantitative estimate of drug-likeness (QED) is 0.282. The van der Waals surface area contributed by atoms with Gasteiger partial charge in [-0.3, -0.25) is 0 Å². The average Bonchev–Trinajstić information content (AvgIpc) is 3.61. The number of methoxy groups -OCH3 is 2. The predicted octanol–water partition coefficient (Wildman–Crippen LogP) is 4.80. The Morgan fingerprint density at radius 1 is 0.921 bits per heavy atom. The van der Waals surface area contributed by atoms with Crippen LogP contribution < -0.4 is 23.7 Å². The maximum atomic E-state index is 6.03. The molecule has 0 radical (unpaired) electrons. The van der Waals surface area contributed by atoms with Gasteiger partial charge in [0.25, 0.3) is 0 Å². The molecule has 0 saturated carbocycles. The normalized spacial score (nSPS) is 14.2. The number of nitrogens with zero attached hydrogens (tertiary/aromatic N) is 2. The summed E-state index contributed by atoms with van der Waals surface area (Å²) < 4.78 is 28.1. The lowest BCUT2D eigenvalue weighted by Gasteiger charge is -2.12. The van der Waals surface area contributed by atoms with Gasteiger partial charge in [-0.25, -0.2) is 0 Å². The van der Waals surface area contributed by atoms with Crippen molar-refractivity contribution in [2.75, 3.05) is 48.3 Å². The summed E-state index contributed by atoms with van der Waals surface area (Å²) >= 11 is 0. The van der Waals surface area contributed by atoms with Gasteiger partial charge in [-0.1, -0.05) is 11.2 Å². The van der Waals surface area contributed by atoms with E-state index in [-0.39, 0.29) is 13.4 Å². The molecule has 0 atom stereocenters. The zero-order valence-corrected chi connectivity index (χ0v) is 21.8. The number of H-pyrrole nitrogens is 1.